The van der Waals surface area contributed by atoms with Gasteiger partial charge in [0.15, 0.2) is 5.82 Å². The predicted octanol–water partition coefficient (Wildman–Crippen LogP) is 12.4. The van der Waals surface area contributed by atoms with Gasteiger partial charge in [0.25, 0.3) is 0 Å². The highest BCUT2D eigenvalue weighted by molar-refractivity contribution is 6.22. The summed E-state index contributed by atoms with van der Waals surface area (Å²) < 4.78 is 0. The van der Waals surface area contributed by atoms with Gasteiger partial charge in [-0.1, -0.05) is 143 Å². The molecule has 0 unspecified atom stereocenters. The number of rotatable bonds is 3. The van der Waals surface area contributed by atoms with E-state index in [9.17, 15) is 0 Å². The minimum Gasteiger partial charge on any atom is -0.237 e. The number of hydrogen-bond donors (Lipinski definition) is 0. The minimum absolute atomic E-state index is 0.0667. The van der Waals surface area contributed by atoms with Crippen molar-refractivity contribution in [1.82, 2.24) is 9.97 Å². The Kier molecular flexibility index (Phi) is 6.01. The fourth-order valence-corrected chi connectivity index (χ4v) is 9.16. The SMILES string of the molecule is CC1(C)c2ccccc2-c2ccc(-c3ccc4c(-c5ncccn5)c5ccccc5c(-c5cccc6c5-c5ccccc5C6(C)C)c4c3)cc21. The topological polar surface area (TPSA) is 25.8 Å². The number of benzene rings is 7. The second kappa shape index (κ2) is 10.3. The molecule has 50 heavy (non-hydrogen) atoms. The van der Waals surface area contributed by atoms with Crippen LogP contribution in [0.5, 0.6) is 0 Å². The van der Waals surface area contributed by atoms with E-state index in [0.29, 0.717) is 0 Å². The molecule has 2 aliphatic carbocycles. The van der Waals surface area contributed by atoms with Crippen LogP contribution in [0.1, 0.15) is 49.9 Å². The summed E-state index contributed by atoms with van der Waals surface area (Å²) in [6, 6.07) is 49.5. The molecule has 0 N–H and O–H groups in total. The number of aromatic nitrogens is 2. The molecule has 8 aromatic rings. The molecule has 0 saturated carbocycles. The standard InChI is InChI=1S/C48H36N2/c1-47(2)40-19-10-8-16-36(40)44-37(17-11-20-41(44)47)43-33-14-5-6-15-34(33)45(46-49-25-12-26-50-46)35-24-22-29(27-38(35)43)30-21-23-32-31-13-7-9-18-39(31)48(3,4)42(32)28-30/h5-28H,1-4H3. The maximum Gasteiger partial charge on any atom is 0.160 e. The maximum absolute atomic E-state index is 4.80. The van der Waals surface area contributed by atoms with E-state index in [1.807, 2.05) is 18.5 Å². The number of nitrogens with zero attached hydrogens (tertiary/aromatic N) is 2. The highest BCUT2D eigenvalue weighted by Gasteiger charge is 2.38. The first-order chi connectivity index (χ1) is 24.3. The van der Waals surface area contributed by atoms with Crippen molar-refractivity contribution in [2.24, 2.45) is 0 Å². The van der Waals surface area contributed by atoms with Crippen LogP contribution in [0.15, 0.2) is 146 Å². The third kappa shape index (κ3) is 3.91. The second-order valence-corrected chi connectivity index (χ2v) is 15.0. The molecule has 0 bridgehead atoms. The van der Waals surface area contributed by atoms with Gasteiger partial charge in [0, 0.05) is 28.8 Å². The molecule has 1 heterocycles. The lowest BCUT2D eigenvalue weighted by Gasteiger charge is -2.23. The van der Waals surface area contributed by atoms with Crippen molar-refractivity contribution in [3.8, 4) is 55.9 Å². The van der Waals surface area contributed by atoms with Gasteiger partial charge in [0.1, 0.15) is 0 Å². The van der Waals surface area contributed by atoms with Gasteiger partial charge in [0.05, 0.1) is 0 Å². The first-order valence-electron chi connectivity index (χ1n) is 17.6. The first-order valence-corrected chi connectivity index (χ1v) is 17.6. The zero-order chi connectivity index (χ0) is 33.8. The summed E-state index contributed by atoms with van der Waals surface area (Å²) in [5.74, 6) is 0.745. The van der Waals surface area contributed by atoms with E-state index in [0.717, 1.165) is 22.2 Å². The molecule has 0 spiro atoms. The summed E-state index contributed by atoms with van der Waals surface area (Å²) >= 11 is 0. The monoisotopic (exact) mass is 640 g/mol. The van der Waals surface area contributed by atoms with Crippen LogP contribution in [0.25, 0.3) is 77.4 Å². The maximum atomic E-state index is 4.80. The molecule has 2 heteroatoms. The zero-order valence-corrected chi connectivity index (χ0v) is 28.8. The largest absolute Gasteiger partial charge is 0.237 e. The smallest absolute Gasteiger partial charge is 0.160 e. The van der Waals surface area contributed by atoms with Gasteiger partial charge in [0.2, 0.25) is 0 Å². The van der Waals surface area contributed by atoms with Gasteiger partial charge in [-0.3, -0.25) is 0 Å². The molecule has 7 aromatic carbocycles. The molecule has 238 valence electrons. The van der Waals surface area contributed by atoms with E-state index >= 15 is 0 Å². The van der Waals surface area contributed by atoms with Crippen LogP contribution < -0.4 is 0 Å². The van der Waals surface area contributed by atoms with Crippen LogP contribution in [0.2, 0.25) is 0 Å². The minimum atomic E-state index is -0.0919. The highest BCUT2D eigenvalue weighted by atomic mass is 14.9. The summed E-state index contributed by atoms with van der Waals surface area (Å²) in [4.78, 5) is 9.61. The van der Waals surface area contributed by atoms with E-state index in [4.69, 9.17) is 9.97 Å². The Morgan fingerprint density at radius 3 is 1.68 bits per heavy atom. The Labute approximate surface area is 293 Å². The highest BCUT2D eigenvalue weighted by Crippen LogP contribution is 2.55. The Morgan fingerprint density at radius 1 is 0.360 bits per heavy atom. The van der Waals surface area contributed by atoms with E-state index < -0.39 is 0 Å². The summed E-state index contributed by atoms with van der Waals surface area (Å²) in [7, 11) is 0. The van der Waals surface area contributed by atoms with Gasteiger partial charge in [-0.2, -0.15) is 0 Å². The first kappa shape index (κ1) is 29.1. The van der Waals surface area contributed by atoms with Gasteiger partial charge in [-0.25, -0.2) is 9.97 Å². The Balaban J connectivity index is 1.30. The quantitative estimate of drug-likeness (QED) is 0.180. The summed E-state index contributed by atoms with van der Waals surface area (Å²) in [5.41, 5.74) is 16.8. The van der Waals surface area contributed by atoms with Crippen molar-refractivity contribution in [1.29, 1.82) is 0 Å². The molecule has 0 saturated heterocycles. The fraction of sp³-hybridized carbons (Fsp3) is 0.125. The summed E-state index contributed by atoms with van der Waals surface area (Å²) in [5, 5.41) is 4.74. The lowest BCUT2D eigenvalue weighted by molar-refractivity contribution is 0.660. The van der Waals surface area contributed by atoms with Crippen molar-refractivity contribution in [3.63, 3.8) is 0 Å². The van der Waals surface area contributed by atoms with Crippen LogP contribution in [-0.4, -0.2) is 9.97 Å². The van der Waals surface area contributed by atoms with Crippen molar-refractivity contribution in [2.45, 2.75) is 38.5 Å². The molecular formula is C48H36N2. The lowest BCUT2D eigenvalue weighted by atomic mass is 9.80. The fourth-order valence-electron chi connectivity index (χ4n) is 9.16. The Hall–Kier alpha value is -5.86. The van der Waals surface area contributed by atoms with Gasteiger partial charge < -0.3 is 0 Å². The molecule has 0 radical (unpaired) electrons. The Bertz CT molecular complexity index is 2700. The molecule has 0 amide bonds. The van der Waals surface area contributed by atoms with E-state index in [1.165, 1.54) is 77.5 Å². The van der Waals surface area contributed by atoms with Crippen LogP contribution in [0.3, 0.4) is 0 Å². The van der Waals surface area contributed by atoms with Crippen LogP contribution in [0, 0.1) is 0 Å². The van der Waals surface area contributed by atoms with Crippen LogP contribution in [0.4, 0.5) is 0 Å². The van der Waals surface area contributed by atoms with Gasteiger partial charge in [-0.05, 0) is 107 Å². The summed E-state index contributed by atoms with van der Waals surface area (Å²) in [6.45, 7) is 9.43. The van der Waals surface area contributed by atoms with E-state index in [-0.39, 0.29) is 10.8 Å². The second-order valence-electron chi connectivity index (χ2n) is 15.0. The number of fused-ring (bicyclic) bond motifs is 8. The predicted molar refractivity (Wildman–Crippen MR) is 208 cm³/mol. The van der Waals surface area contributed by atoms with Crippen LogP contribution in [-0.2, 0) is 10.8 Å². The zero-order valence-electron chi connectivity index (χ0n) is 28.8. The van der Waals surface area contributed by atoms with E-state index in [2.05, 4.69) is 155 Å². The van der Waals surface area contributed by atoms with Gasteiger partial charge in [-0.15, -0.1) is 0 Å². The lowest BCUT2D eigenvalue weighted by Crippen LogP contribution is -2.14. The van der Waals surface area contributed by atoms with Crippen molar-refractivity contribution in [3.05, 3.63) is 168 Å². The molecule has 0 atom stereocenters. The Morgan fingerprint density at radius 2 is 0.900 bits per heavy atom. The van der Waals surface area contributed by atoms with Crippen LogP contribution >= 0.6 is 0 Å². The summed E-state index contributed by atoms with van der Waals surface area (Å²) in [6.07, 6.45) is 3.69. The van der Waals surface area contributed by atoms with Crippen molar-refractivity contribution < 1.29 is 0 Å². The molecule has 2 nitrogen and oxygen atoms in total. The van der Waals surface area contributed by atoms with Crippen molar-refractivity contribution in [2.75, 3.05) is 0 Å². The third-order valence-electron chi connectivity index (χ3n) is 11.6. The average Bonchev–Trinajstić information content (AvgIpc) is 3.53. The van der Waals surface area contributed by atoms with Gasteiger partial charge >= 0.3 is 0 Å². The average molecular weight is 641 g/mol. The number of hydrogen-bond acceptors (Lipinski definition) is 2. The molecule has 10 rings (SSSR count). The van der Waals surface area contributed by atoms with E-state index in [1.54, 1.807) is 0 Å². The normalized spacial score (nSPS) is 14.7. The van der Waals surface area contributed by atoms with Crippen molar-refractivity contribution >= 4 is 21.5 Å². The molecule has 0 fully saturated rings. The molecule has 1 aromatic heterocycles. The molecular weight excluding hydrogens is 605 g/mol. The molecule has 0 aliphatic heterocycles. The molecule has 2 aliphatic rings. The third-order valence-corrected chi connectivity index (χ3v) is 11.6.